The lowest BCUT2D eigenvalue weighted by Crippen LogP contribution is -2.28. The van der Waals surface area contributed by atoms with Crippen LogP contribution in [0.1, 0.15) is 23.2 Å². The molecule has 0 aromatic heterocycles. The van der Waals surface area contributed by atoms with Crippen LogP contribution in [0.4, 0.5) is 5.69 Å². The highest BCUT2D eigenvalue weighted by molar-refractivity contribution is 7.89. The van der Waals surface area contributed by atoms with Crippen molar-refractivity contribution in [1.29, 1.82) is 0 Å². The molecule has 0 radical (unpaired) electrons. The maximum Gasteiger partial charge on any atom is 0.262 e. The summed E-state index contributed by atoms with van der Waals surface area (Å²) in [5.41, 5.74) is 5.88. The van der Waals surface area contributed by atoms with Gasteiger partial charge in [0.25, 0.3) is 5.91 Å². The van der Waals surface area contributed by atoms with Gasteiger partial charge in [-0.1, -0.05) is 6.07 Å². The van der Waals surface area contributed by atoms with Crippen LogP contribution in [-0.2, 0) is 14.8 Å². The van der Waals surface area contributed by atoms with Crippen LogP contribution < -0.4 is 15.8 Å². The van der Waals surface area contributed by atoms with Crippen LogP contribution in [-0.4, -0.2) is 44.2 Å². The van der Waals surface area contributed by atoms with Crippen molar-refractivity contribution in [2.75, 3.05) is 25.0 Å². The van der Waals surface area contributed by atoms with Crippen molar-refractivity contribution < 1.29 is 22.7 Å². The van der Waals surface area contributed by atoms with E-state index in [0.717, 1.165) is 12.8 Å². The number of rotatable bonds is 7. The van der Waals surface area contributed by atoms with E-state index in [2.05, 4.69) is 5.32 Å². The van der Waals surface area contributed by atoms with Crippen molar-refractivity contribution in [1.82, 2.24) is 4.31 Å². The standard InChI is InChI=1S/C19H21N3O5S/c20-19(24)14-6-8-16(9-7-14)27-13-18(23)21-15-4-3-5-17(12-15)28(25,26)22-10-1-2-11-22/h3-9,12H,1-2,10-11,13H2,(H2,20,24)(H,21,23). The predicted octanol–water partition coefficient (Wildman–Crippen LogP) is 1.59. The minimum Gasteiger partial charge on any atom is -0.484 e. The Hall–Kier alpha value is -2.91. The van der Waals surface area contributed by atoms with E-state index in [4.69, 9.17) is 10.5 Å². The molecule has 0 spiro atoms. The molecule has 0 unspecified atom stereocenters. The number of primary amides is 1. The molecule has 9 heteroatoms. The minimum atomic E-state index is -3.55. The first-order chi connectivity index (χ1) is 13.4. The zero-order valence-corrected chi connectivity index (χ0v) is 15.9. The summed E-state index contributed by atoms with van der Waals surface area (Å²) in [4.78, 5) is 23.3. The lowest BCUT2D eigenvalue weighted by molar-refractivity contribution is -0.118. The van der Waals surface area contributed by atoms with E-state index in [0.29, 0.717) is 30.1 Å². The summed E-state index contributed by atoms with van der Waals surface area (Å²) in [6, 6.07) is 12.2. The van der Waals surface area contributed by atoms with Gasteiger partial charge in [0.05, 0.1) is 4.90 Å². The third kappa shape index (κ3) is 4.68. The number of nitrogens with two attached hydrogens (primary N) is 1. The van der Waals surface area contributed by atoms with Crippen LogP contribution >= 0.6 is 0 Å². The van der Waals surface area contributed by atoms with Crippen LogP contribution in [0.3, 0.4) is 0 Å². The van der Waals surface area contributed by atoms with Crippen LogP contribution in [0.5, 0.6) is 5.75 Å². The number of benzene rings is 2. The normalized spacial score (nSPS) is 14.6. The van der Waals surface area contributed by atoms with Crippen molar-refractivity contribution in [3.8, 4) is 5.75 Å². The van der Waals surface area contributed by atoms with E-state index in [1.54, 1.807) is 12.1 Å². The van der Waals surface area contributed by atoms with Gasteiger partial charge in [-0.25, -0.2) is 8.42 Å². The van der Waals surface area contributed by atoms with Crippen molar-refractivity contribution in [2.45, 2.75) is 17.7 Å². The number of nitrogens with one attached hydrogen (secondary N) is 1. The zero-order chi connectivity index (χ0) is 20.1. The molecule has 1 saturated heterocycles. The molecule has 1 heterocycles. The number of hydrogen-bond acceptors (Lipinski definition) is 5. The van der Waals surface area contributed by atoms with Gasteiger partial charge >= 0.3 is 0 Å². The molecule has 1 aliphatic rings. The van der Waals surface area contributed by atoms with Gasteiger partial charge in [-0.3, -0.25) is 9.59 Å². The lowest BCUT2D eigenvalue weighted by atomic mass is 10.2. The number of ether oxygens (including phenoxy) is 1. The highest BCUT2D eigenvalue weighted by atomic mass is 32.2. The fraction of sp³-hybridized carbons (Fsp3) is 0.263. The Labute approximate surface area is 163 Å². The average molecular weight is 403 g/mol. The SMILES string of the molecule is NC(=O)c1ccc(OCC(=O)Nc2cccc(S(=O)(=O)N3CCCC3)c2)cc1. The number of carbonyl (C=O) groups excluding carboxylic acids is 2. The monoisotopic (exact) mass is 403 g/mol. The Morgan fingerprint density at radius 1 is 1.07 bits per heavy atom. The van der Waals surface area contributed by atoms with Gasteiger partial charge in [0.2, 0.25) is 15.9 Å². The molecule has 3 N–H and O–H groups in total. The molecule has 2 aromatic carbocycles. The Morgan fingerprint density at radius 3 is 2.39 bits per heavy atom. The van der Waals surface area contributed by atoms with Gasteiger partial charge in [-0.2, -0.15) is 4.31 Å². The summed E-state index contributed by atoms with van der Waals surface area (Å²) in [5.74, 6) is -0.576. The van der Waals surface area contributed by atoms with Crippen molar-refractivity contribution in [3.05, 3.63) is 54.1 Å². The van der Waals surface area contributed by atoms with Gasteiger partial charge in [-0.05, 0) is 55.3 Å². The summed E-state index contributed by atoms with van der Waals surface area (Å²) < 4.78 is 32.0. The molecule has 148 valence electrons. The molecule has 1 aliphatic heterocycles. The van der Waals surface area contributed by atoms with Gasteiger partial charge in [0.1, 0.15) is 5.75 Å². The molecule has 0 atom stereocenters. The summed E-state index contributed by atoms with van der Waals surface area (Å²) in [5, 5.41) is 2.62. The first-order valence-corrected chi connectivity index (χ1v) is 10.2. The molecule has 28 heavy (non-hydrogen) atoms. The van der Waals surface area contributed by atoms with Gasteiger partial charge in [0.15, 0.2) is 6.61 Å². The highest BCUT2D eigenvalue weighted by Gasteiger charge is 2.27. The Kier molecular flexibility index (Phi) is 5.96. The molecule has 0 aliphatic carbocycles. The highest BCUT2D eigenvalue weighted by Crippen LogP contribution is 2.23. The quantitative estimate of drug-likeness (QED) is 0.728. The van der Waals surface area contributed by atoms with E-state index < -0.39 is 21.8 Å². The zero-order valence-electron chi connectivity index (χ0n) is 15.1. The lowest BCUT2D eigenvalue weighted by Gasteiger charge is -2.16. The second-order valence-electron chi connectivity index (χ2n) is 6.36. The van der Waals surface area contributed by atoms with Crippen molar-refractivity contribution >= 4 is 27.5 Å². The van der Waals surface area contributed by atoms with Crippen molar-refractivity contribution in [3.63, 3.8) is 0 Å². The molecule has 0 bridgehead atoms. The third-order valence-electron chi connectivity index (χ3n) is 4.33. The second kappa shape index (κ2) is 8.41. The summed E-state index contributed by atoms with van der Waals surface area (Å²) >= 11 is 0. The second-order valence-corrected chi connectivity index (χ2v) is 8.30. The summed E-state index contributed by atoms with van der Waals surface area (Å²) in [6.07, 6.45) is 1.71. The summed E-state index contributed by atoms with van der Waals surface area (Å²) in [7, 11) is -3.55. The first-order valence-electron chi connectivity index (χ1n) is 8.79. The first kappa shape index (κ1) is 19.8. The van der Waals surface area contributed by atoms with E-state index in [-0.39, 0.29) is 11.5 Å². The molecule has 1 fully saturated rings. The van der Waals surface area contributed by atoms with Gasteiger partial charge < -0.3 is 15.8 Å². The number of amides is 2. The fourth-order valence-electron chi connectivity index (χ4n) is 2.87. The molecule has 0 saturated carbocycles. The van der Waals surface area contributed by atoms with Crippen LogP contribution in [0.2, 0.25) is 0 Å². The molecule has 2 amide bonds. The molecular formula is C19H21N3O5S. The van der Waals surface area contributed by atoms with Crippen LogP contribution in [0.25, 0.3) is 0 Å². The Morgan fingerprint density at radius 2 is 1.75 bits per heavy atom. The number of sulfonamides is 1. The molecule has 2 aromatic rings. The molecule has 8 nitrogen and oxygen atoms in total. The smallest absolute Gasteiger partial charge is 0.262 e. The molecular weight excluding hydrogens is 382 g/mol. The Bertz CT molecular complexity index is 967. The fourth-order valence-corrected chi connectivity index (χ4v) is 4.44. The van der Waals surface area contributed by atoms with E-state index in [1.807, 2.05) is 0 Å². The predicted molar refractivity (Wildman–Crippen MR) is 104 cm³/mol. The number of anilines is 1. The third-order valence-corrected chi connectivity index (χ3v) is 6.22. The van der Waals surface area contributed by atoms with Crippen LogP contribution in [0.15, 0.2) is 53.4 Å². The van der Waals surface area contributed by atoms with Crippen molar-refractivity contribution in [2.24, 2.45) is 5.73 Å². The topological polar surface area (TPSA) is 119 Å². The maximum atomic E-state index is 12.6. The minimum absolute atomic E-state index is 0.148. The van der Waals surface area contributed by atoms with E-state index in [1.165, 1.54) is 40.7 Å². The molecule has 3 rings (SSSR count). The number of nitrogens with zero attached hydrogens (tertiary/aromatic N) is 1. The van der Waals surface area contributed by atoms with Gasteiger partial charge in [0, 0.05) is 24.3 Å². The van der Waals surface area contributed by atoms with E-state index >= 15 is 0 Å². The maximum absolute atomic E-state index is 12.6. The largest absolute Gasteiger partial charge is 0.484 e. The van der Waals surface area contributed by atoms with Crippen LogP contribution in [0, 0.1) is 0 Å². The van der Waals surface area contributed by atoms with E-state index in [9.17, 15) is 18.0 Å². The van der Waals surface area contributed by atoms with Gasteiger partial charge in [-0.15, -0.1) is 0 Å². The number of carbonyl (C=O) groups is 2. The average Bonchev–Trinajstić information content (AvgIpc) is 3.22. The number of hydrogen-bond donors (Lipinski definition) is 2. The Balaban J connectivity index is 1.60. The summed E-state index contributed by atoms with van der Waals surface area (Å²) in [6.45, 7) is 0.766.